The number of rotatable bonds is 3. The summed E-state index contributed by atoms with van der Waals surface area (Å²) in [6.07, 6.45) is 1.72. The number of hydrogen-bond donors (Lipinski definition) is 2. The molecule has 5 heteroatoms. The second-order valence-corrected chi connectivity index (χ2v) is 4.49. The first kappa shape index (κ1) is 11.8. The van der Waals surface area contributed by atoms with Crippen LogP contribution in [0, 0.1) is 0 Å². The van der Waals surface area contributed by atoms with Crippen molar-refractivity contribution in [3.8, 4) is 0 Å². The maximum atomic E-state index is 5.69. The van der Waals surface area contributed by atoms with Gasteiger partial charge in [-0.2, -0.15) is 0 Å². The number of aryl methyl sites for hydroxylation is 1. The summed E-state index contributed by atoms with van der Waals surface area (Å²) in [4.78, 5) is 0. The van der Waals surface area contributed by atoms with Crippen molar-refractivity contribution in [2.75, 3.05) is 0 Å². The van der Waals surface area contributed by atoms with Crippen molar-refractivity contribution in [2.45, 2.75) is 6.04 Å². The van der Waals surface area contributed by atoms with E-state index in [4.69, 9.17) is 5.84 Å². The van der Waals surface area contributed by atoms with Crippen LogP contribution in [0.2, 0.25) is 0 Å². The zero-order valence-electron chi connectivity index (χ0n) is 10.6. The minimum atomic E-state index is -0.121. The number of hydrogen-bond acceptors (Lipinski definition) is 4. The SMILES string of the molecule is Cn1nncc1C(NN)c1ccc2ccccc2c1. The summed E-state index contributed by atoms with van der Waals surface area (Å²) in [7, 11) is 1.85. The lowest BCUT2D eigenvalue weighted by molar-refractivity contribution is 0.570. The monoisotopic (exact) mass is 253 g/mol. The van der Waals surface area contributed by atoms with Gasteiger partial charge in [0.05, 0.1) is 17.9 Å². The lowest BCUT2D eigenvalue weighted by Gasteiger charge is -2.16. The van der Waals surface area contributed by atoms with Gasteiger partial charge in [-0.15, -0.1) is 5.10 Å². The predicted molar refractivity (Wildman–Crippen MR) is 74.1 cm³/mol. The molecular formula is C14H15N5. The van der Waals surface area contributed by atoms with Gasteiger partial charge in [-0.3, -0.25) is 10.5 Å². The maximum absolute atomic E-state index is 5.69. The van der Waals surface area contributed by atoms with Gasteiger partial charge in [0.15, 0.2) is 0 Å². The second kappa shape index (κ2) is 4.79. The quantitative estimate of drug-likeness (QED) is 0.548. The molecule has 0 amide bonds. The molecule has 0 bridgehead atoms. The first-order valence-electron chi connectivity index (χ1n) is 6.09. The van der Waals surface area contributed by atoms with Crippen LogP contribution in [-0.4, -0.2) is 15.0 Å². The minimum absolute atomic E-state index is 0.121. The van der Waals surface area contributed by atoms with Crippen molar-refractivity contribution in [1.82, 2.24) is 20.4 Å². The van der Waals surface area contributed by atoms with E-state index in [9.17, 15) is 0 Å². The molecular weight excluding hydrogens is 238 g/mol. The van der Waals surface area contributed by atoms with Gasteiger partial charge in [0.25, 0.3) is 0 Å². The molecule has 1 unspecified atom stereocenters. The molecule has 5 nitrogen and oxygen atoms in total. The fraction of sp³-hybridized carbons (Fsp3) is 0.143. The highest BCUT2D eigenvalue weighted by Crippen LogP contribution is 2.24. The maximum Gasteiger partial charge on any atom is 0.0894 e. The average molecular weight is 253 g/mol. The molecule has 1 atom stereocenters. The molecule has 0 fully saturated rings. The molecule has 1 aromatic heterocycles. The molecule has 0 radical (unpaired) electrons. The Hall–Kier alpha value is -2.24. The van der Waals surface area contributed by atoms with Gasteiger partial charge in [0, 0.05) is 7.05 Å². The van der Waals surface area contributed by atoms with E-state index in [0.717, 1.165) is 11.3 Å². The van der Waals surface area contributed by atoms with Crippen LogP contribution in [0.1, 0.15) is 17.3 Å². The van der Waals surface area contributed by atoms with E-state index in [1.807, 2.05) is 19.2 Å². The largest absolute Gasteiger partial charge is 0.271 e. The molecule has 0 aliphatic heterocycles. The van der Waals surface area contributed by atoms with Gasteiger partial charge in [-0.05, 0) is 22.4 Å². The zero-order chi connectivity index (χ0) is 13.2. The Balaban J connectivity index is 2.09. The molecule has 0 aliphatic rings. The Bertz CT molecular complexity index is 704. The van der Waals surface area contributed by atoms with Gasteiger partial charge < -0.3 is 0 Å². The van der Waals surface area contributed by atoms with Crippen molar-refractivity contribution in [3.05, 3.63) is 59.9 Å². The smallest absolute Gasteiger partial charge is 0.0894 e. The minimum Gasteiger partial charge on any atom is -0.271 e. The highest BCUT2D eigenvalue weighted by Gasteiger charge is 2.16. The fourth-order valence-electron chi connectivity index (χ4n) is 2.30. The third kappa shape index (κ3) is 2.09. The Morgan fingerprint density at radius 2 is 1.95 bits per heavy atom. The summed E-state index contributed by atoms with van der Waals surface area (Å²) in [5.41, 5.74) is 4.84. The summed E-state index contributed by atoms with van der Waals surface area (Å²) < 4.78 is 1.72. The van der Waals surface area contributed by atoms with Gasteiger partial charge in [-0.1, -0.05) is 41.6 Å². The van der Waals surface area contributed by atoms with Crippen LogP contribution in [-0.2, 0) is 7.05 Å². The molecule has 96 valence electrons. The van der Waals surface area contributed by atoms with Crippen molar-refractivity contribution < 1.29 is 0 Å². The lowest BCUT2D eigenvalue weighted by Crippen LogP contribution is -2.30. The third-order valence-corrected chi connectivity index (χ3v) is 3.32. The summed E-state index contributed by atoms with van der Waals surface area (Å²) >= 11 is 0. The van der Waals surface area contributed by atoms with Crippen LogP contribution in [0.15, 0.2) is 48.7 Å². The van der Waals surface area contributed by atoms with E-state index >= 15 is 0 Å². The lowest BCUT2D eigenvalue weighted by atomic mass is 10.0. The van der Waals surface area contributed by atoms with E-state index in [0.29, 0.717) is 0 Å². The fourth-order valence-corrected chi connectivity index (χ4v) is 2.30. The van der Waals surface area contributed by atoms with Crippen LogP contribution in [0.3, 0.4) is 0 Å². The van der Waals surface area contributed by atoms with Crippen molar-refractivity contribution in [2.24, 2.45) is 12.9 Å². The molecule has 0 aliphatic carbocycles. The standard InChI is InChI=1S/C14H15N5/c1-19-13(9-16-18-19)14(17-15)12-7-6-10-4-2-3-5-11(10)8-12/h2-9,14,17H,15H2,1H3. The van der Waals surface area contributed by atoms with E-state index in [-0.39, 0.29) is 6.04 Å². The summed E-state index contributed by atoms with van der Waals surface area (Å²) in [6.45, 7) is 0. The Labute approximate surface area is 111 Å². The number of hydrazine groups is 1. The molecule has 0 saturated heterocycles. The Morgan fingerprint density at radius 1 is 1.16 bits per heavy atom. The molecule has 2 aromatic carbocycles. The van der Waals surface area contributed by atoms with Gasteiger partial charge in [0.1, 0.15) is 0 Å². The topological polar surface area (TPSA) is 68.8 Å². The first-order valence-corrected chi connectivity index (χ1v) is 6.09. The number of nitrogens with one attached hydrogen (secondary N) is 1. The molecule has 3 aromatic rings. The molecule has 0 saturated carbocycles. The van der Waals surface area contributed by atoms with Gasteiger partial charge in [0.2, 0.25) is 0 Å². The van der Waals surface area contributed by atoms with Crippen LogP contribution < -0.4 is 11.3 Å². The highest BCUT2D eigenvalue weighted by atomic mass is 15.4. The number of nitrogens with zero attached hydrogens (tertiary/aromatic N) is 3. The van der Waals surface area contributed by atoms with Crippen molar-refractivity contribution in [1.29, 1.82) is 0 Å². The third-order valence-electron chi connectivity index (χ3n) is 3.32. The van der Waals surface area contributed by atoms with E-state index in [1.165, 1.54) is 10.8 Å². The highest BCUT2D eigenvalue weighted by molar-refractivity contribution is 5.83. The number of nitrogens with two attached hydrogens (primary N) is 1. The number of aromatic nitrogens is 3. The predicted octanol–water partition coefficient (Wildman–Crippen LogP) is 1.52. The summed E-state index contributed by atoms with van der Waals surface area (Å²) in [5.74, 6) is 5.69. The average Bonchev–Trinajstić information content (AvgIpc) is 2.86. The van der Waals surface area contributed by atoms with Crippen molar-refractivity contribution >= 4 is 10.8 Å². The molecule has 3 rings (SSSR count). The Kier molecular flexibility index (Phi) is 2.98. The second-order valence-electron chi connectivity index (χ2n) is 4.49. The molecule has 19 heavy (non-hydrogen) atoms. The molecule has 0 spiro atoms. The zero-order valence-corrected chi connectivity index (χ0v) is 10.6. The van der Waals surface area contributed by atoms with Crippen LogP contribution in [0.4, 0.5) is 0 Å². The number of fused-ring (bicyclic) bond motifs is 1. The molecule has 3 N–H and O–H groups in total. The van der Waals surface area contributed by atoms with Crippen LogP contribution in [0.25, 0.3) is 10.8 Å². The summed E-state index contributed by atoms with van der Waals surface area (Å²) in [6, 6.07) is 14.4. The van der Waals surface area contributed by atoms with Crippen LogP contribution in [0.5, 0.6) is 0 Å². The van der Waals surface area contributed by atoms with Crippen molar-refractivity contribution in [3.63, 3.8) is 0 Å². The summed E-state index contributed by atoms with van der Waals surface area (Å²) in [5, 5.41) is 10.2. The van der Waals surface area contributed by atoms with Gasteiger partial charge >= 0.3 is 0 Å². The number of benzene rings is 2. The van der Waals surface area contributed by atoms with E-state index < -0.39 is 0 Å². The normalized spacial score (nSPS) is 12.7. The van der Waals surface area contributed by atoms with E-state index in [2.05, 4.69) is 46.1 Å². The van der Waals surface area contributed by atoms with Crippen LogP contribution >= 0.6 is 0 Å². The molecule has 1 heterocycles. The first-order chi connectivity index (χ1) is 9.29. The Morgan fingerprint density at radius 3 is 2.63 bits per heavy atom. The van der Waals surface area contributed by atoms with Gasteiger partial charge in [-0.25, -0.2) is 5.43 Å². The van der Waals surface area contributed by atoms with E-state index in [1.54, 1.807) is 10.9 Å².